The summed E-state index contributed by atoms with van der Waals surface area (Å²) in [5, 5.41) is 5.27. The van der Waals surface area contributed by atoms with E-state index >= 15 is 0 Å². The molecule has 1 aliphatic rings. The Hall–Kier alpha value is -2.74. The zero-order valence-electron chi connectivity index (χ0n) is 15.4. The number of hydrogen-bond acceptors (Lipinski definition) is 6. The number of amides is 3. The molecule has 1 aromatic heterocycles. The smallest absolute Gasteiger partial charge is 0.326 e. The van der Waals surface area contributed by atoms with Gasteiger partial charge in [0.25, 0.3) is 5.91 Å². The van der Waals surface area contributed by atoms with Gasteiger partial charge in [-0.2, -0.15) is 0 Å². The van der Waals surface area contributed by atoms with Gasteiger partial charge >= 0.3 is 12.0 Å². The highest BCUT2D eigenvalue weighted by atomic mass is 32.1. The summed E-state index contributed by atoms with van der Waals surface area (Å²) in [5.41, 5.74) is 1.83. The van der Waals surface area contributed by atoms with Crippen LogP contribution in [0.2, 0.25) is 0 Å². The predicted octanol–water partition coefficient (Wildman–Crippen LogP) is 2.88. The van der Waals surface area contributed by atoms with Gasteiger partial charge in [0.2, 0.25) is 0 Å². The average Bonchev–Trinajstić information content (AvgIpc) is 3.20. The Morgan fingerprint density at radius 3 is 2.63 bits per heavy atom. The van der Waals surface area contributed by atoms with Crippen LogP contribution in [0.1, 0.15) is 31.5 Å². The van der Waals surface area contributed by atoms with Crippen LogP contribution < -0.4 is 5.32 Å². The van der Waals surface area contributed by atoms with Gasteiger partial charge in [-0.25, -0.2) is 9.78 Å². The maximum atomic E-state index is 12.3. The van der Waals surface area contributed by atoms with Gasteiger partial charge in [-0.05, 0) is 20.3 Å². The monoisotopic (exact) mass is 387 g/mol. The molecule has 27 heavy (non-hydrogen) atoms. The van der Waals surface area contributed by atoms with E-state index in [1.165, 1.54) is 16.9 Å². The van der Waals surface area contributed by atoms with Gasteiger partial charge in [-0.15, -0.1) is 11.3 Å². The third-order valence-electron chi connectivity index (χ3n) is 4.57. The number of aromatic nitrogens is 1. The summed E-state index contributed by atoms with van der Waals surface area (Å²) in [5.74, 6) is -1.06. The van der Waals surface area contributed by atoms with Gasteiger partial charge in [-0.3, -0.25) is 14.5 Å². The Morgan fingerprint density at radius 1 is 1.30 bits per heavy atom. The van der Waals surface area contributed by atoms with Crippen LogP contribution in [-0.2, 0) is 20.9 Å². The van der Waals surface area contributed by atoms with Crippen LogP contribution in [0.3, 0.4) is 0 Å². The van der Waals surface area contributed by atoms with Crippen LogP contribution in [0.4, 0.5) is 4.79 Å². The van der Waals surface area contributed by atoms with Crippen LogP contribution in [0, 0.1) is 6.92 Å². The molecule has 0 saturated carbocycles. The Balaban J connectivity index is 1.56. The zero-order chi connectivity index (χ0) is 19.6. The number of imide groups is 1. The van der Waals surface area contributed by atoms with E-state index in [-0.39, 0.29) is 6.61 Å². The summed E-state index contributed by atoms with van der Waals surface area (Å²) in [6.45, 7) is 5.05. The summed E-state index contributed by atoms with van der Waals surface area (Å²) in [6.07, 6.45) is 0.448. The number of hydrogen-bond donors (Lipinski definition) is 1. The van der Waals surface area contributed by atoms with Crippen LogP contribution in [0.5, 0.6) is 0 Å². The fourth-order valence-corrected chi connectivity index (χ4v) is 3.47. The van der Waals surface area contributed by atoms with E-state index in [9.17, 15) is 14.4 Å². The molecule has 142 valence electrons. The quantitative estimate of drug-likeness (QED) is 0.608. The molecule has 2 heterocycles. The average molecular weight is 387 g/mol. The fourth-order valence-electron chi connectivity index (χ4n) is 2.66. The number of thiazole rings is 1. The molecule has 7 nitrogen and oxygen atoms in total. The SMILES string of the molecule is CCC1(C)NC(=O)N(CC(=O)OCc2csc(-c3ccc(C)cc3)n2)C1=O. The summed E-state index contributed by atoms with van der Waals surface area (Å²) in [7, 11) is 0. The van der Waals surface area contributed by atoms with Crippen molar-refractivity contribution in [2.45, 2.75) is 39.3 Å². The van der Waals surface area contributed by atoms with E-state index in [1.807, 2.05) is 36.6 Å². The van der Waals surface area contributed by atoms with Crippen LogP contribution in [0.25, 0.3) is 10.6 Å². The number of ether oxygens (including phenoxy) is 1. The molecular formula is C19H21N3O4S. The highest BCUT2D eigenvalue weighted by Gasteiger charge is 2.47. The molecule has 0 aliphatic carbocycles. The Bertz CT molecular complexity index is 877. The van der Waals surface area contributed by atoms with Crippen molar-refractivity contribution in [2.24, 2.45) is 0 Å². The summed E-state index contributed by atoms with van der Waals surface area (Å²) < 4.78 is 5.19. The highest BCUT2D eigenvalue weighted by molar-refractivity contribution is 7.13. The van der Waals surface area contributed by atoms with E-state index in [4.69, 9.17) is 4.74 Å². The molecule has 0 spiro atoms. The van der Waals surface area contributed by atoms with Crippen molar-refractivity contribution in [2.75, 3.05) is 6.54 Å². The number of carbonyl (C=O) groups excluding carboxylic acids is 3. The first-order valence-electron chi connectivity index (χ1n) is 8.63. The topological polar surface area (TPSA) is 88.6 Å². The number of aryl methyl sites for hydroxylation is 1. The number of benzene rings is 1. The lowest BCUT2D eigenvalue weighted by Gasteiger charge is -2.18. The molecular weight excluding hydrogens is 366 g/mol. The number of esters is 1. The van der Waals surface area contributed by atoms with E-state index < -0.39 is 30.0 Å². The van der Waals surface area contributed by atoms with Gasteiger partial charge in [0, 0.05) is 10.9 Å². The molecule has 0 radical (unpaired) electrons. The van der Waals surface area contributed by atoms with Gasteiger partial charge < -0.3 is 10.1 Å². The third-order valence-corrected chi connectivity index (χ3v) is 5.51. The molecule has 2 aromatic rings. The molecule has 1 atom stereocenters. The molecule has 1 aliphatic heterocycles. The van der Waals surface area contributed by atoms with Crippen LogP contribution >= 0.6 is 11.3 Å². The van der Waals surface area contributed by atoms with E-state index in [0.717, 1.165) is 15.5 Å². The first-order chi connectivity index (χ1) is 12.8. The number of rotatable bonds is 6. The minimum absolute atomic E-state index is 0.00408. The molecule has 1 aromatic carbocycles. The summed E-state index contributed by atoms with van der Waals surface area (Å²) >= 11 is 1.47. The largest absolute Gasteiger partial charge is 0.458 e. The lowest BCUT2D eigenvalue weighted by molar-refractivity contribution is -0.148. The second-order valence-corrected chi connectivity index (χ2v) is 7.54. The van der Waals surface area contributed by atoms with Crippen molar-refractivity contribution in [1.82, 2.24) is 15.2 Å². The molecule has 1 unspecified atom stereocenters. The van der Waals surface area contributed by atoms with Crippen molar-refractivity contribution in [1.29, 1.82) is 0 Å². The molecule has 0 bridgehead atoms. The molecule has 3 amide bonds. The first kappa shape index (κ1) is 19.0. The predicted molar refractivity (Wildman–Crippen MR) is 101 cm³/mol. The Kier molecular flexibility index (Phi) is 5.27. The summed E-state index contributed by atoms with van der Waals surface area (Å²) in [4.78, 5) is 41.6. The van der Waals surface area contributed by atoms with E-state index in [1.54, 1.807) is 13.8 Å². The molecule has 3 rings (SSSR count). The maximum absolute atomic E-state index is 12.3. The third kappa shape index (κ3) is 4.00. The molecule has 1 fully saturated rings. The van der Waals surface area contributed by atoms with E-state index in [2.05, 4.69) is 10.3 Å². The van der Waals surface area contributed by atoms with Crippen molar-refractivity contribution in [3.63, 3.8) is 0 Å². The molecule has 8 heteroatoms. The summed E-state index contributed by atoms with van der Waals surface area (Å²) in [6, 6.07) is 7.44. The Labute approximate surface area is 161 Å². The van der Waals surface area contributed by atoms with Gasteiger partial charge in [0.05, 0.1) is 5.69 Å². The second-order valence-electron chi connectivity index (χ2n) is 6.68. The first-order valence-corrected chi connectivity index (χ1v) is 9.51. The van der Waals surface area contributed by atoms with Gasteiger partial charge in [-0.1, -0.05) is 36.8 Å². The standard InChI is InChI=1S/C19H21N3O4S/c1-4-19(3)17(24)22(18(25)21-19)9-15(23)26-10-14-11-27-16(20-14)13-7-5-12(2)6-8-13/h5-8,11H,4,9-10H2,1-3H3,(H,21,25). The minimum Gasteiger partial charge on any atom is -0.458 e. The number of nitrogens with zero attached hydrogens (tertiary/aromatic N) is 2. The Morgan fingerprint density at radius 2 is 2.00 bits per heavy atom. The van der Waals surface area contributed by atoms with Crippen LogP contribution in [0.15, 0.2) is 29.6 Å². The number of urea groups is 1. The minimum atomic E-state index is -0.963. The molecule has 1 saturated heterocycles. The lowest BCUT2D eigenvalue weighted by atomic mass is 9.99. The van der Waals surface area contributed by atoms with Gasteiger partial charge in [0.1, 0.15) is 23.7 Å². The van der Waals surface area contributed by atoms with E-state index in [0.29, 0.717) is 12.1 Å². The van der Waals surface area contributed by atoms with Crippen molar-refractivity contribution < 1.29 is 19.1 Å². The lowest BCUT2D eigenvalue weighted by Crippen LogP contribution is -2.43. The number of carbonyl (C=O) groups is 3. The van der Waals surface area contributed by atoms with Gasteiger partial charge in [0.15, 0.2) is 0 Å². The zero-order valence-corrected chi connectivity index (χ0v) is 16.3. The van der Waals surface area contributed by atoms with Crippen molar-refractivity contribution in [3.05, 3.63) is 40.9 Å². The highest BCUT2D eigenvalue weighted by Crippen LogP contribution is 2.24. The van der Waals surface area contributed by atoms with Crippen molar-refractivity contribution >= 4 is 29.2 Å². The maximum Gasteiger partial charge on any atom is 0.326 e. The second kappa shape index (κ2) is 7.48. The number of nitrogens with one attached hydrogen (secondary N) is 1. The van der Waals surface area contributed by atoms with Crippen molar-refractivity contribution in [3.8, 4) is 10.6 Å². The van der Waals surface area contributed by atoms with Crippen LogP contribution in [-0.4, -0.2) is 39.9 Å². The fraction of sp³-hybridized carbons (Fsp3) is 0.368. The molecule has 1 N–H and O–H groups in total. The normalized spacial score (nSPS) is 19.3.